The molecule has 0 atom stereocenters. The van der Waals surface area contributed by atoms with Gasteiger partial charge in [0.05, 0.1) is 0 Å². The Hall–Kier alpha value is -3.41. The maximum absolute atomic E-state index is 12.5. The van der Waals surface area contributed by atoms with Crippen LogP contribution in [0.15, 0.2) is 59.1 Å². The molecule has 0 aliphatic carbocycles. The highest BCUT2D eigenvalue weighted by Crippen LogP contribution is 2.25. The van der Waals surface area contributed by atoms with E-state index < -0.39 is 18.5 Å². The molecule has 0 aliphatic rings. The van der Waals surface area contributed by atoms with E-state index in [0.29, 0.717) is 17.1 Å². The van der Waals surface area contributed by atoms with Gasteiger partial charge >= 0.3 is 5.97 Å². The third-order valence-electron chi connectivity index (χ3n) is 4.09. The number of carbonyl (C=O) groups excluding carboxylic acids is 2. The zero-order valence-corrected chi connectivity index (χ0v) is 15.2. The first-order valence-corrected chi connectivity index (χ1v) is 8.66. The van der Waals surface area contributed by atoms with Gasteiger partial charge in [-0.3, -0.25) is 4.79 Å². The van der Waals surface area contributed by atoms with Crippen LogP contribution in [0.3, 0.4) is 0 Å². The van der Waals surface area contributed by atoms with Crippen LogP contribution in [0.25, 0.3) is 11.3 Å². The Bertz CT molecular complexity index is 931. The molecule has 1 N–H and O–H groups in total. The molecule has 6 heteroatoms. The third kappa shape index (κ3) is 4.41. The molecule has 0 bridgehead atoms. The molecule has 0 unspecified atom stereocenters. The zero-order valence-electron chi connectivity index (χ0n) is 15.2. The lowest BCUT2D eigenvalue weighted by atomic mass is 10.1. The van der Waals surface area contributed by atoms with Crippen molar-refractivity contribution in [1.82, 2.24) is 5.16 Å². The number of amides is 1. The standard InChI is InChI=1S/C21H20N2O4/c1-3-15-9-11-17(12-10-15)22-18(24)13-26-21(25)19-14(2)27-23-20(19)16-7-5-4-6-8-16/h4-12H,3,13H2,1-2H3,(H,22,24). The molecule has 0 fully saturated rings. The van der Waals surface area contributed by atoms with E-state index in [4.69, 9.17) is 9.26 Å². The van der Waals surface area contributed by atoms with Crippen molar-refractivity contribution in [3.8, 4) is 11.3 Å². The van der Waals surface area contributed by atoms with Crippen molar-refractivity contribution in [1.29, 1.82) is 0 Å². The van der Waals surface area contributed by atoms with Crippen LogP contribution in [0.1, 0.15) is 28.6 Å². The van der Waals surface area contributed by atoms with Gasteiger partial charge in [0.2, 0.25) is 0 Å². The molecule has 1 amide bonds. The zero-order chi connectivity index (χ0) is 19.2. The van der Waals surface area contributed by atoms with Crippen molar-refractivity contribution in [3.63, 3.8) is 0 Å². The highest BCUT2D eigenvalue weighted by molar-refractivity contribution is 5.99. The first-order valence-electron chi connectivity index (χ1n) is 8.66. The molecule has 1 heterocycles. The largest absolute Gasteiger partial charge is 0.452 e. The maximum atomic E-state index is 12.5. The molecule has 138 valence electrons. The van der Waals surface area contributed by atoms with Crippen molar-refractivity contribution in [2.75, 3.05) is 11.9 Å². The van der Waals surface area contributed by atoms with Crippen molar-refractivity contribution in [2.24, 2.45) is 0 Å². The van der Waals surface area contributed by atoms with E-state index in [9.17, 15) is 9.59 Å². The highest BCUT2D eigenvalue weighted by atomic mass is 16.5. The molecule has 6 nitrogen and oxygen atoms in total. The fourth-order valence-corrected chi connectivity index (χ4v) is 2.63. The highest BCUT2D eigenvalue weighted by Gasteiger charge is 2.23. The molecule has 0 aliphatic heterocycles. The molecule has 2 aromatic carbocycles. The van der Waals surface area contributed by atoms with E-state index in [-0.39, 0.29) is 5.56 Å². The number of aromatic nitrogens is 1. The second-order valence-electron chi connectivity index (χ2n) is 6.00. The summed E-state index contributed by atoms with van der Waals surface area (Å²) in [5.41, 5.74) is 3.19. The smallest absolute Gasteiger partial charge is 0.344 e. The van der Waals surface area contributed by atoms with Gasteiger partial charge in [-0.1, -0.05) is 54.5 Å². The summed E-state index contributed by atoms with van der Waals surface area (Å²) in [5, 5.41) is 6.64. The van der Waals surface area contributed by atoms with Crippen LogP contribution in [0.5, 0.6) is 0 Å². The molecular formula is C21H20N2O4. The summed E-state index contributed by atoms with van der Waals surface area (Å²) in [6.45, 7) is 3.29. The van der Waals surface area contributed by atoms with Crippen molar-refractivity contribution in [2.45, 2.75) is 20.3 Å². The van der Waals surface area contributed by atoms with Crippen LogP contribution >= 0.6 is 0 Å². The van der Waals surface area contributed by atoms with Gasteiger partial charge in [0, 0.05) is 11.3 Å². The van der Waals surface area contributed by atoms with E-state index in [1.807, 2.05) is 54.6 Å². The van der Waals surface area contributed by atoms with Gasteiger partial charge in [-0.2, -0.15) is 0 Å². The van der Waals surface area contributed by atoms with Crippen LogP contribution in [0.4, 0.5) is 5.69 Å². The minimum atomic E-state index is -0.649. The van der Waals surface area contributed by atoms with Crippen LogP contribution < -0.4 is 5.32 Å². The van der Waals surface area contributed by atoms with Gasteiger partial charge in [-0.15, -0.1) is 0 Å². The van der Waals surface area contributed by atoms with Crippen molar-refractivity contribution < 1.29 is 18.8 Å². The minimum Gasteiger partial charge on any atom is -0.452 e. The summed E-state index contributed by atoms with van der Waals surface area (Å²) in [5.74, 6) is -0.721. The van der Waals surface area contributed by atoms with Gasteiger partial charge in [0.25, 0.3) is 5.91 Å². The Balaban J connectivity index is 1.64. The lowest BCUT2D eigenvalue weighted by Crippen LogP contribution is -2.21. The molecule has 0 radical (unpaired) electrons. The average molecular weight is 364 g/mol. The minimum absolute atomic E-state index is 0.223. The second kappa shape index (κ2) is 8.31. The predicted octanol–water partition coefficient (Wildman–Crippen LogP) is 4.01. The Morgan fingerprint density at radius 2 is 1.78 bits per heavy atom. The lowest BCUT2D eigenvalue weighted by molar-refractivity contribution is -0.119. The molecule has 0 spiro atoms. The van der Waals surface area contributed by atoms with Crippen molar-refractivity contribution in [3.05, 3.63) is 71.5 Å². The predicted molar refractivity (Wildman–Crippen MR) is 101 cm³/mol. The number of hydrogen-bond donors (Lipinski definition) is 1. The number of aryl methyl sites for hydroxylation is 2. The quantitative estimate of drug-likeness (QED) is 0.669. The van der Waals surface area contributed by atoms with E-state index in [0.717, 1.165) is 12.0 Å². The number of nitrogens with one attached hydrogen (secondary N) is 1. The number of carbonyl (C=O) groups is 2. The maximum Gasteiger partial charge on any atom is 0.344 e. The second-order valence-corrected chi connectivity index (χ2v) is 6.00. The van der Waals surface area contributed by atoms with Crippen LogP contribution in [0.2, 0.25) is 0 Å². The summed E-state index contributed by atoms with van der Waals surface area (Å²) >= 11 is 0. The third-order valence-corrected chi connectivity index (χ3v) is 4.09. The average Bonchev–Trinajstić information content (AvgIpc) is 3.09. The van der Waals surface area contributed by atoms with Crippen LogP contribution in [-0.4, -0.2) is 23.6 Å². The number of nitrogens with zero attached hydrogens (tertiary/aromatic N) is 1. The van der Waals surface area contributed by atoms with Crippen molar-refractivity contribution >= 4 is 17.6 Å². The summed E-state index contributed by atoms with van der Waals surface area (Å²) in [6.07, 6.45) is 0.924. The fraction of sp³-hybridized carbons (Fsp3) is 0.190. The summed E-state index contributed by atoms with van der Waals surface area (Å²) < 4.78 is 10.3. The van der Waals surface area contributed by atoms with Gasteiger partial charge in [-0.05, 0) is 31.0 Å². The Labute approximate surface area is 157 Å². The molecule has 3 aromatic rings. The molecule has 1 aromatic heterocycles. The number of hydrogen-bond acceptors (Lipinski definition) is 5. The number of ether oxygens (including phenoxy) is 1. The van der Waals surface area contributed by atoms with Crippen LogP contribution in [-0.2, 0) is 16.0 Å². The summed E-state index contributed by atoms with van der Waals surface area (Å²) in [7, 11) is 0. The summed E-state index contributed by atoms with van der Waals surface area (Å²) in [6, 6.07) is 16.7. The van der Waals surface area contributed by atoms with Gasteiger partial charge in [0.15, 0.2) is 6.61 Å². The first kappa shape index (κ1) is 18.4. The SMILES string of the molecule is CCc1ccc(NC(=O)COC(=O)c2c(-c3ccccc3)noc2C)cc1. The number of anilines is 1. The Morgan fingerprint density at radius 3 is 2.44 bits per heavy atom. The van der Waals surface area contributed by atoms with E-state index >= 15 is 0 Å². The topological polar surface area (TPSA) is 81.4 Å². The normalized spacial score (nSPS) is 10.4. The summed E-state index contributed by atoms with van der Waals surface area (Å²) in [4.78, 5) is 24.5. The molecule has 0 saturated carbocycles. The van der Waals surface area contributed by atoms with E-state index in [1.54, 1.807) is 6.92 Å². The lowest BCUT2D eigenvalue weighted by Gasteiger charge is -2.07. The number of rotatable bonds is 6. The fourth-order valence-electron chi connectivity index (χ4n) is 2.63. The molecular weight excluding hydrogens is 344 g/mol. The number of benzene rings is 2. The molecule has 3 rings (SSSR count). The Kier molecular flexibility index (Phi) is 5.66. The van der Waals surface area contributed by atoms with E-state index in [1.165, 1.54) is 5.56 Å². The molecule has 0 saturated heterocycles. The van der Waals surface area contributed by atoms with E-state index in [2.05, 4.69) is 17.4 Å². The van der Waals surface area contributed by atoms with Gasteiger partial charge < -0.3 is 14.6 Å². The monoisotopic (exact) mass is 364 g/mol. The van der Waals surface area contributed by atoms with Gasteiger partial charge in [-0.25, -0.2) is 4.79 Å². The number of esters is 1. The van der Waals surface area contributed by atoms with Crippen LogP contribution in [0, 0.1) is 6.92 Å². The first-order chi connectivity index (χ1) is 13.1. The Morgan fingerprint density at radius 1 is 1.07 bits per heavy atom. The van der Waals surface area contributed by atoms with Gasteiger partial charge in [0.1, 0.15) is 17.0 Å². The molecule has 27 heavy (non-hydrogen) atoms.